The number of hydrogen-bond acceptors (Lipinski definition) is 3. The van der Waals surface area contributed by atoms with Gasteiger partial charge in [0.05, 0.1) is 0 Å². The van der Waals surface area contributed by atoms with Gasteiger partial charge in [-0.2, -0.15) is 0 Å². The van der Waals surface area contributed by atoms with Crippen LogP contribution in [0.2, 0.25) is 0 Å². The monoisotopic (exact) mass is 314 g/mol. The normalized spacial score (nSPS) is 16.5. The van der Waals surface area contributed by atoms with Gasteiger partial charge in [0.2, 0.25) is 0 Å². The molecule has 94 valence electrons. The van der Waals surface area contributed by atoms with E-state index in [0.717, 1.165) is 15.9 Å². The van der Waals surface area contributed by atoms with Crippen molar-refractivity contribution in [2.45, 2.75) is 24.2 Å². The summed E-state index contributed by atoms with van der Waals surface area (Å²) in [4.78, 5) is 3.76. The molecule has 0 atom stereocenters. The summed E-state index contributed by atoms with van der Waals surface area (Å²) < 4.78 is 1.05. The van der Waals surface area contributed by atoms with Gasteiger partial charge in [0.1, 0.15) is 0 Å². The van der Waals surface area contributed by atoms with Crippen LogP contribution in [-0.4, -0.2) is 30.3 Å². The second kappa shape index (κ2) is 6.66. The van der Waals surface area contributed by atoms with Crippen molar-refractivity contribution in [3.63, 3.8) is 0 Å². The molecule has 0 spiro atoms. The fraction of sp³-hybridized carbons (Fsp3) is 0.538. The molecule has 0 aromatic heterocycles. The van der Waals surface area contributed by atoms with Crippen molar-refractivity contribution < 1.29 is 0 Å². The molecule has 0 radical (unpaired) electrons. The molecule has 2 nitrogen and oxygen atoms in total. The van der Waals surface area contributed by atoms with E-state index < -0.39 is 0 Å². The summed E-state index contributed by atoms with van der Waals surface area (Å²) in [6, 6.07) is 6.13. The molecule has 2 rings (SSSR count). The molecule has 1 aliphatic heterocycles. The number of hydrogen-bond donors (Lipinski definition) is 1. The van der Waals surface area contributed by atoms with E-state index in [-0.39, 0.29) is 0 Å². The molecule has 1 fully saturated rings. The first-order valence-corrected chi connectivity index (χ1v) is 7.94. The molecule has 0 amide bonds. The Balaban J connectivity index is 1.70. The Kier molecular flexibility index (Phi) is 5.19. The van der Waals surface area contributed by atoms with Crippen molar-refractivity contribution in [2.75, 3.05) is 31.1 Å². The quantitative estimate of drug-likeness (QED) is 0.511. The molecule has 0 bridgehead atoms. The number of likely N-dealkylation sites (tertiary alicyclic amines) is 1. The zero-order valence-corrected chi connectivity index (χ0v) is 12.4. The molecule has 1 saturated heterocycles. The SMILES string of the molecule is Nc1cc(Br)ccc1SCCCN1CCCC1. The zero-order valence-electron chi connectivity index (χ0n) is 9.99. The maximum atomic E-state index is 5.96. The number of anilines is 1. The number of benzene rings is 1. The molecule has 0 unspecified atom stereocenters. The van der Waals surface area contributed by atoms with Crippen LogP contribution in [-0.2, 0) is 0 Å². The predicted molar refractivity (Wildman–Crippen MR) is 79.6 cm³/mol. The van der Waals surface area contributed by atoms with Crippen molar-refractivity contribution >= 4 is 33.4 Å². The first-order valence-electron chi connectivity index (χ1n) is 6.16. The van der Waals surface area contributed by atoms with Gasteiger partial charge >= 0.3 is 0 Å². The van der Waals surface area contributed by atoms with Gasteiger partial charge in [-0.25, -0.2) is 0 Å². The Bertz CT molecular complexity index is 364. The third kappa shape index (κ3) is 4.19. The van der Waals surface area contributed by atoms with E-state index >= 15 is 0 Å². The lowest BCUT2D eigenvalue weighted by Gasteiger charge is -2.14. The fourth-order valence-electron chi connectivity index (χ4n) is 2.13. The van der Waals surface area contributed by atoms with Crippen LogP contribution in [0.4, 0.5) is 5.69 Å². The van der Waals surface area contributed by atoms with Crippen LogP contribution in [0, 0.1) is 0 Å². The maximum Gasteiger partial charge on any atom is 0.0463 e. The highest BCUT2D eigenvalue weighted by atomic mass is 79.9. The number of nitrogens with zero attached hydrogens (tertiary/aromatic N) is 1. The molecule has 0 aliphatic carbocycles. The Labute approximate surface area is 116 Å². The molecule has 4 heteroatoms. The summed E-state index contributed by atoms with van der Waals surface area (Å²) in [6.45, 7) is 3.83. The van der Waals surface area contributed by atoms with Gasteiger partial charge in [-0.15, -0.1) is 11.8 Å². The average molecular weight is 315 g/mol. The van der Waals surface area contributed by atoms with Gasteiger partial charge in [-0.1, -0.05) is 15.9 Å². The largest absolute Gasteiger partial charge is 0.398 e. The molecule has 1 aliphatic rings. The van der Waals surface area contributed by atoms with Crippen LogP contribution in [0.3, 0.4) is 0 Å². The molecule has 1 aromatic rings. The zero-order chi connectivity index (χ0) is 12.1. The lowest BCUT2D eigenvalue weighted by Crippen LogP contribution is -2.20. The highest BCUT2D eigenvalue weighted by Crippen LogP contribution is 2.28. The topological polar surface area (TPSA) is 29.3 Å². The molecule has 1 heterocycles. The summed E-state index contributed by atoms with van der Waals surface area (Å²) in [7, 11) is 0. The Hall–Kier alpha value is -0.190. The fourth-order valence-corrected chi connectivity index (χ4v) is 3.39. The van der Waals surface area contributed by atoms with Crippen LogP contribution in [0.25, 0.3) is 0 Å². The third-order valence-electron chi connectivity index (χ3n) is 3.05. The molecule has 0 saturated carbocycles. The first kappa shape index (κ1) is 13.2. The summed E-state index contributed by atoms with van der Waals surface area (Å²) in [6.07, 6.45) is 4.01. The summed E-state index contributed by atoms with van der Waals surface area (Å²) in [5, 5.41) is 0. The minimum Gasteiger partial charge on any atom is -0.398 e. The van der Waals surface area contributed by atoms with E-state index in [1.807, 2.05) is 17.8 Å². The third-order valence-corrected chi connectivity index (χ3v) is 4.72. The first-order chi connectivity index (χ1) is 8.25. The van der Waals surface area contributed by atoms with Crippen molar-refractivity contribution in [1.29, 1.82) is 0 Å². The van der Waals surface area contributed by atoms with Gasteiger partial charge in [-0.3, -0.25) is 0 Å². The lowest BCUT2D eigenvalue weighted by molar-refractivity contribution is 0.341. The van der Waals surface area contributed by atoms with Crippen LogP contribution in [0.15, 0.2) is 27.6 Å². The van der Waals surface area contributed by atoms with Gasteiger partial charge in [0.25, 0.3) is 0 Å². The Morgan fingerprint density at radius 3 is 2.76 bits per heavy atom. The number of rotatable bonds is 5. The number of halogens is 1. The number of nitrogen functional groups attached to an aromatic ring is 1. The van der Waals surface area contributed by atoms with Crippen LogP contribution < -0.4 is 5.73 Å². The Morgan fingerprint density at radius 2 is 2.06 bits per heavy atom. The van der Waals surface area contributed by atoms with Gasteiger partial charge in [0.15, 0.2) is 0 Å². The van der Waals surface area contributed by atoms with E-state index in [0.29, 0.717) is 0 Å². The van der Waals surface area contributed by atoms with Gasteiger partial charge < -0.3 is 10.6 Å². The lowest BCUT2D eigenvalue weighted by atomic mass is 10.3. The smallest absolute Gasteiger partial charge is 0.0463 e. The minimum atomic E-state index is 0.880. The van der Waals surface area contributed by atoms with Crippen molar-refractivity contribution in [2.24, 2.45) is 0 Å². The van der Waals surface area contributed by atoms with Crippen LogP contribution in [0.5, 0.6) is 0 Å². The van der Waals surface area contributed by atoms with Crippen molar-refractivity contribution in [3.05, 3.63) is 22.7 Å². The Morgan fingerprint density at radius 1 is 1.29 bits per heavy atom. The molecular formula is C13H19BrN2S. The molecular weight excluding hydrogens is 296 g/mol. The maximum absolute atomic E-state index is 5.96. The number of nitrogens with two attached hydrogens (primary N) is 1. The summed E-state index contributed by atoms with van der Waals surface area (Å²) in [5.41, 5.74) is 6.84. The van der Waals surface area contributed by atoms with E-state index in [2.05, 4.69) is 33.0 Å². The van der Waals surface area contributed by atoms with E-state index in [1.54, 1.807) is 0 Å². The van der Waals surface area contributed by atoms with Crippen LogP contribution in [0.1, 0.15) is 19.3 Å². The van der Waals surface area contributed by atoms with E-state index in [9.17, 15) is 0 Å². The molecule has 17 heavy (non-hydrogen) atoms. The predicted octanol–water partition coefficient (Wildman–Crippen LogP) is 3.61. The van der Waals surface area contributed by atoms with E-state index in [4.69, 9.17) is 5.73 Å². The van der Waals surface area contributed by atoms with Crippen LogP contribution >= 0.6 is 27.7 Å². The average Bonchev–Trinajstić information content (AvgIpc) is 2.79. The van der Waals surface area contributed by atoms with Crippen molar-refractivity contribution in [1.82, 2.24) is 4.90 Å². The van der Waals surface area contributed by atoms with E-state index in [1.165, 1.54) is 43.8 Å². The summed E-state index contributed by atoms with van der Waals surface area (Å²) >= 11 is 5.29. The van der Waals surface area contributed by atoms with Gasteiger partial charge in [-0.05, 0) is 62.8 Å². The minimum absolute atomic E-state index is 0.880. The number of thioether (sulfide) groups is 1. The van der Waals surface area contributed by atoms with Gasteiger partial charge in [0, 0.05) is 15.1 Å². The molecule has 2 N–H and O–H groups in total. The molecule has 1 aromatic carbocycles. The highest BCUT2D eigenvalue weighted by molar-refractivity contribution is 9.10. The second-order valence-electron chi connectivity index (χ2n) is 4.43. The summed E-state index contributed by atoms with van der Waals surface area (Å²) in [5.74, 6) is 1.16. The van der Waals surface area contributed by atoms with Crippen molar-refractivity contribution in [3.8, 4) is 0 Å². The standard InChI is InChI=1S/C13H19BrN2S/c14-11-4-5-13(12(15)10-11)17-9-3-8-16-6-1-2-7-16/h4-5,10H,1-3,6-9,15H2. The second-order valence-corrected chi connectivity index (χ2v) is 6.49. The highest BCUT2D eigenvalue weighted by Gasteiger charge is 2.10.